The zero-order valence-corrected chi connectivity index (χ0v) is 21.2. The van der Waals surface area contributed by atoms with Crippen molar-refractivity contribution >= 4 is 17.5 Å². The van der Waals surface area contributed by atoms with Crippen LogP contribution in [0.1, 0.15) is 49.7 Å². The Morgan fingerprint density at radius 3 is 2.50 bits per heavy atom. The maximum absolute atomic E-state index is 12.9. The summed E-state index contributed by atoms with van der Waals surface area (Å²) < 4.78 is 0. The summed E-state index contributed by atoms with van der Waals surface area (Å²) in [5.74, 6) is -0.0499. The van der Waals surface area contributed by atoms with Crippen LogP contribution in [-0.4, -0.2) is 49.4 Å². The fourth-order valence-corrected chi connectivity index (χ4v) is 4.94. The highest BCUT2D eigenvalue weighted by atomic mass is 16.6. The van der Waals surface area contributed by atoms with Crippen LogP contribution in [0.5, 0.6) is 0 Å². The quantitative estimate of drug-likeness (QED) is 0.216. The second-order valence-corrected chi connectivity index (χ2v) is 9.63. The summed E-state index contributed by atoms with van der Waals surface area (Å²) in [5.41, 5.74) is 6.02. The molecule has 2 saturated heterocycles. The van der Waals surface area contributed by atoms with E-state index in [1.54, 1.807) is 11.9 Å². The van der Waals surface area contributed by atoms with E-state index >= 15 is 0 Å². The lowest BCUT2D eigenvalue weighted by Crippen LogP contribution is -2.39. The molecule has 36 heavy (non-hydrogen) atoms. The van der Waals surface area contributed by atoms with E-state index in [0.717, 1.165) is 44.6 Å². The molecule has 1 atom stereocenters. The van der Waals surface area contributed by atoms with Crippen molar-refractivity contribution < 1.29 is 14.4 Å². The molecule has 0 aromatic heterocycles. The minimum atomic E-state index is -0.305. The van der Waals surface area contributed by atoms with Crippen molar-refractivity contribution in [1.82, 2.24) is 15.7 Å². The van der Waals surface area contributed by atoms with E-state index < -0.39 is 0 Å². The van der Waals surface area contributed by atoms with Gasteiger partial charge in [0.25, 0.3) is 5.91 Å². The maximum Gasteiger partial charge on any atom is 0.288 e. The van der Waals surface area contributed by atoms with Gasteiger partial charge >= 0.3 is 0 Å². The first-order valence-electron chi connectivity index (χ1n) is 13.1. The Hall–Kier alpha value is -3.16. The second kappa shape index (κ2) is 13.2. The zero-order chi connectivity index (χ0) is 25.2. The van der Waals surface area contributed by atoms with Crippen LogP contribution in [-0.2, 0) is 27.4 Å². The summed E-state index contributed by atoms with van der Waals surface area (Å²) in [7, 11) is 1.63. The monoisotopic (exact) mass is 490 g/mol. The number of nitrogens with one attached hydrogen (secondary N) is 2. The molecule has 0 spiro atoms. The van der Waals surface area contributed by atoms with Gasteiger partial charge in [-0.2, -0.15) is 5.48 Å². The van der Waals surface area contributed by atoms with Gasteiger partial charge < -0.3 is 15.1 Å². The topological polar surface area (TPSA) is 73.9 Å². The van der Waals surface area contributed by atoms with Crippen molar-refractivity contribution in [2.45, 2.75) is 57.5 Å². The first-order valence-corrected chi connectivity index (χ1v) is 13.1. The molecule has 2 amide bonds. The van der Waals surface area contributed by atoms with Gasteiger partial charge in [0, 0.05) is 32.2 Å². The molecular weight excluding hydrogens is 452 g/mol. The van der Waals surface area contributed by atoms with Crippen LogP contribution in [0.3, 0.4) is 0 Å². The molecule has 2 aliphatic heterocycles. The van der Waals surface area contributed by atoms with Crippen LogP contribution < -0.4 is 15.7 Å². The molecule has 0 bridgehead atoms. The number of allylic oxidation sites excluding steroid dienone is 1. The van der Waals surface area contributed by atoms with Gasteiger partial charge in [0.15, 0.2) is 0 Å². The van der Waals surface area contributed by atoms with Crippen molar-refractivity contribution in [3.05, 3.63) is 77.6 Å². The predicted octanol–water partition coefficient (Wildman–Crippen LogP) is 3.95. The average Bonchev–Trinajstić information content (AvgIpc) is 3.27. The Labute approximate surface area is 214 Å². The molecule has 0 aliphatic carbocycles. The third-order valence-corrected chi connectivity index (χ3v) is 6.84. The van der Waals surface area contributed by atoms with Crippen molar-refractivity contribution in [1.29, 1.82) is 0 Å². The lowest BCUT2D eigenvalue weighted by atomic mass is 10.1. The number of carbonyl (C=O) groups excluding carboxylic acids is 2. The van der Waals surface area contributed by atoms with Gasteiger partial charge in [0.2, 0.25) is 11.7 Å². The molecule has 2 N–H and O–H groups in total. The number of aryl methyl sites for hydroxylation is 1. The van der Waals surface area contributed by atoms with Gasteiger partial charge in [-0.1, -0.05) is 48.9 Å². The molecule has 2 aromatic carbocycles. The molecule has 0 saturated carbocycles. The largest absolute Gasteiger partial charge is 0.404 e. The van der Waals surface area contributed by atoms with Gasteiger partial charge in [0.1, 0.15) is 0 Å². The highest BCUT2D eigenvalue weighted by molar-refractivity contribution is 5.98. The molecule has 2 fully saturated rings. The lowest BCUT2D eigenvalue weighted by Gasteiger charge is -2.26. The number of unbranched alkanes of at least 4 members (excludes halogenated alkanes) is 1. The number of piperidine rings is 1. The Balaban J connectivity index is 1.28. The summed E-state index contributed by atoms with van der Waals surface area (Å²) in [6.45, 7) is 3.73. The van der Waals surface area contributed by atoms with Crippen molar-refractivity contribution in [2.75, 3.05) is 31.6 Å². The molecule has 7 heteroatoms. The normalized spacial score (nSPS) is 18.9. The average molecular weight is 491 g/mol. The highest BCUT2D eigenvalue weighted by Gasteiger charge is 2.32. The number of likely N-dealkylation sites (tertiary alicyclic amines) is 1. The van der Waals surface area contributed by atoms with Gasteiger partial charge in [-0.05, 0) is 74.5 Å². The Kier molecular flexibility index (Phi) is 9.53. The predicted molar refractivity (Wildman–Crippen MR) is 142 cm³/mol. The van der Waals surface area contributed by atoms with Crippen molar-refractivity contribution in [2.24, 2.45) is 0 Å². The van der Waals surface area contributed by atoms with Gasteiger partial charge in [-0.25, -0.2) is 0 Å². The molecule has 2 aromatic rings. The van der Waals surface area contributed by atoms with Crippen LogP contribution >= 0.6 is 0 Å². The van der Waals surface area contributed by atoms with Crippen LogP contribution in [0.15, 0.2) is 66.4 Å². The third kappa shape index (κ3) is 7.42. The number of carbonyl (C=O) groups is 2. The van der Waals surface area contributed by atoms with Gasteiger partial charge in [-0.15, -0.1) is 0 Å². The molecular formula is C29H38N4O3. The minimum Gasteiger partial charge on any atom is -0.404 e. The first-order chi connectivity index (χ1) is 17.6. The number of hydrogen-bond donors (Lipinski definition) is 2. The number of hydrogen-bond acceptors (Lipinski definition) is 5. The number of hydroxylamine groups is 1. The van der Waals surface area contributed by atoms with E-state index in [0.29, 0.717) is 6.54 Å². The summed E-state index contributed by atoms with van der Waals surface area (Å²) in [5, 5.41) is 2.98. The SMILES string of the molecule is CNO/C(=C\CCCc1ccccc1)C(=O)NC1CC(=O)N(c2ccc(CN3CCCCC3)cc2)C1. The number of anilines is 1. The fourth-order valence-electron chi connectivity index (χ4n) is 4.94. The fraction of sp³-hybridized carbons (Fsp3) is 0.448. The summed E-state index contributed by atoms with van der Waals surface area (Å²) in [4.78, 5) is 35.2. The highest BCUT2D eigenvalue weighted by Crippen LogP contribution is 2.23. The number of amides is 2. The first kappa shape index (κ1) is 25.9. The molecule has 4 rings (SSSR count). The van der Waals surface area contributed by atoms with Crippen molar-refractivity contribution in [3.8, 4) is 0 Å². The molecule has 2 aliphatic rings. The summed E-state index contributed by atoms with van der Waals surface area (Å²) >= 11 is 0. The lowest BCUT2D eigenvalue weighted by molar-refractivity contribution is -0.122. The van der Waals surface area contributed by atoms with Crippen LogP contribution in [0, 0.1) is 0 Å². The smallest absolute Gasteiger partial charge is 0.288 e. The summed E-state index contributed by atoms with van der Waals surface area (Å²) in [6, 6.07) is 18.3. The van der Waals surface area contributed by atoms with E-state index in [1.807, 2.05) is 36.4 Å². The van der Waals surface area contributed by atoms with Gasteiger partial charge in [0.05, 0.1) is 6.04 Å². The van der Waals surface area contributed by atoms with Crippen LogP contribution in [0.4, 0.5) is 5.69 Å². The molecule has 7 nitrogen and oxygen atoms in total. The summed E-state index contributed by atoms with van der Waals surface area (Å²) in [6.07, 6.45) is 8.54. The molecule has 2 heterocycles. The minimum absolute atomic E-state index is 0.0204. The number of nitrogens with zero attached hydrogens (tertiary/aromatic N) is 2. The van der Waals surface area contributed by atoms with E-state index in [4.69, 9.17) is 4.84 Å². The van der Waals surface area contributed by atoms with E-state index in [1.165, 1.54) is 30.4 Å². The second-order valence-electron chi connectivity index (χ2n) is 9.63. The van der Waals surface area contributed by atoms with E-state index in [9.17, 15) is 9.59 Å². The van der Waals surface area contributed by atoms with Crippen LogP contribution in [0.25, 0.3) is 0 Å². The Bertz CT molecular complexity index is 1020. The molecule has 1 unspecified atom stereocenters. The Morgan fingerprint density at radius 1 is 1.03 bits per heavy atom. The third-order valence-electron chi connectivity index (χ3n) is 6.84. The van der Waals surface area contributed by atoms with Crippen molar-refractivity contribution in [3.63, 3.8) is 0 Å². The van der Waals surface area contributed by atoms with E-state index in [-0.39, 0.29) is 30.0 Å². The van der Waals surface area contributed by atoms with Crippen LogP contribution in [0.2, 0.25) is 0 Å². The maximum atomic E-state index is 12.9. The van der Waals surface area contributed by atoms with E-state index in [2.05, 4.69) is 40.0 Å². The zero-order valence-electron chi connectivity index (χ0n) is 21.2. The van der Waals surface area contributed by atoms with Gasteiger partial charge in [-0.3, -0.25) is 14.5 Å². The standard InChI is InChI=1S/C29H38N4O3/c1-30-36-27(13-7-6-12-23-10-4-2-5-11-23)29(35)31-25-20-28(34)33(22-25)26-16-14-24(15-17-26)21-32-18-8-3-9-19-32/h2,4-5,10-11,13-17,25,30H,3,6-9,12,18-22H2,1H3,(H,31,35)/b27-13-. The number of rotatable bonds is 11. The Morgan fingerprint density at radius 2 is 1.78 bits per heavy atom. The number of benzene rings is 2. The molecule has 192 valence electrons. The molecule has 0 radical (unpaired) electrons.